The third kappa shape index (κ3) is 2.11. The molecule has 8 atom stereocenters. The maximum atomic E-state index is 16.8. The van der Waals surface area contributed by atoms with Crippen LogP contribution in [0.15, 0.2) is 11.6 Å². The number of ketones is 2. The first-order valence-electron chi connectivity index (χ1n) is 10.1. The molecule has 0 aromatic heterocycles. The Morgan fingerprint density at radius 3 is 2.57 bits per heavy atom. The van der Waals surface area contributed by atoms with Crippen LogP contribution in [0.5, 0.6) is 0 Å². The van der Waals surface area contributed by atoms with Gasteiger partial charge in [0, 0.05) is 23.2 Å². The number of carbonyl (C=O) groups excluding carboxylic acids is 2. The molecule has 6 nitrogen and oxygen atoms in total. The van der Waals surface area contributed by atoms with Gasteiger partial charge in [0.25, 0.3) is 0 Å². The van der Waals surface area contributed by atoms with Gasteiger partial charge in [-0.15, -0.1) is 0 Å². The molecule has 0 unspecified atom stereocenters. The lowest BCUT2D eigenvalue weighted by Crippen LogP contribution is -2.71. The summed E-state index contributed by atoms with van der Waals surface area (Å²) in [5.74, 6) is -2.03. The SMILES string of the molecule is C[C@]12CCC(=O)C=C1[C@H](O)C[C@H]1[C@@H]3CC[C@](O)(C(=O)CO)[C@@]3(C)C[C@H](O)[C@]12F. The highest BCUT2D eigenvalue weighted by molar-refractivity contribution is 5.92. The Hall–Kier alpha value is -1.15. The topological polar surface area (TPSA) is 115 Å². The fraction of sp³-hybridized carbons (Fsp3) is 0.810. The van der Waals surface area contributed by atoms with Gasteiger partial charge in [0.2, 0.25) is 0 Å². The molecule has 0 spiro atoms. The maximum Gasteiger partial charge on any atom is 0.190 e. The molecule has 156 valence electrons. The highest BCUT2D eigenvalue weighted by atomic mass is 19.1. The Morgan fingerprint density at radius 1 is 1.25 bits per heavy atom. The monoisotopic (exact) mass is 396 g/mol. The lowest BCUT2D eigenvalue weighted by Gasteiger charge is -2.64. The summed E-state index contributed by atoms with van der Waals surface area (Å²) < 4.78 is 16.8. The zero-order valence-corrected chi connectivity index (χ0v) is 16.3. The van der Waals surface area contributed by atoms with E-state index < -0.39 is 58.5 Å². The molecule has 4 aliphatic rings. The summed E-state index contributed by atoms with van der Waals surface area (Å²) in [5.41, 5.74) is -5.79. The fourth-order valence-corrected chi connectivity index (χ4v) is 7.20. The van der Waals surface area contributed by atoms with E-state index in [-0.39, 0.29) is 37.9 Å². The van der Waals surface area contributed by atoms with E-state index in [2.05, 4.69) is 0 Å². The van der Waals surface area contributed by atoms with Gasteiger partial charge in [-0.25, -0.2) is 4.39 Å². The predicted molar refractivity (Wildman–Crippen MR) is 96.9 cm³/mol. The standard InChI is InChI=1S/C21H29FO6/c1-18-5-3-11(24)7-14(18)15(25)8-13-12-4-6-20(28,17(27)10-23)19(12,2)9-16(26)21(13,18)22/h7,12-13,15-16,23,25-26,28H,3-6,8-10H2,1-2H3/t12-,13-,15+,16-,18-,19-,20-,21+/m0/s1. The number of carbonyl (C=O) groups is 2. The van der Waals surface area contributed by atoms with Gasteiger partial charge in [0.05, 0.1) is 12.2 Å². The van der Waals surface area contributed by atoms with Crippen LogP contribution in [-0.4, -0.2) is 62.1 Å². The predicted octanol–water partition coefficient (Wildman–Crippen LogP) is 0.844. The molecule has 0 radical (unpaired) electrons. The normalized spacial score (nSPS) is 53.1. The first-order valence-corrected chi connectivity index (χ1v) is 10.1. The van der Waals surface area contributed by atoms with Gasteiger partial charge in [-0.2, -0.15) is 0 Å². The molecule has 3 saturated carbocycles. The molecule has 0 aliphatic heterocycles. The molecule has 7 heteroatoms. The fourth-order valence-electron chi connectivity index (χ4n) is 7.20. The molecule has 0 bridgehead atoms. The number of halogens is 1. The van der Waals surface area contributed by atoms with Crippen LogP contribution in [0.4, 0.5) is 4.39 Å². The highest BCUT2D eigenvalue weighted by Gasteiger charge is 2.75. The Kier molecular flexibility index (Phi) is 4.27. The summed E-state index contributed by atoms with van der Waals surface area (Å²) in [7, 11) is 0. The van der Waals surface area contributed by atoms with Gasteiger partial charge in [-0.05, 0) is 49.7 Å². The molecular formula is C21H29FO6. The molecule has 4 aliphatic carbocycles. The van der Waals surface area contributed by atoms with Crippen molar-refractivity contribution in [3.05, 3.63) is 11.6 Å². The molecule has 0 heterocycles. The van der Waals surface area contributed by atoms with Crippen molar-refractivity contribution in [2.24, 2.45) is 22.7 Å². The maximum absolute atomic E-state index is 16.8. The number of Topliss-reactive ketones (excluding diaryl/α,β-unsaturated/α-hetero) is 1. The van der Waals surface area contributed by atoms with Crippen LogP contribution < -0.4 is 0 Å². The van der Waals surface area contributed by atoms with Crippen molar-refractivity contribution >= 4 is 11.6 Å². The highest BCUT2D eigenvalue weighted by Crippen LogP contribution is 2.70. The van der Waals surface area contributed by atoms with E-state index in [1.165, 1.54) is 6.08 Å². The van der Waals surface area contributed by atoms with Crippen molar-refractivity contribution < 1.29 is 34.4 Å². The van der Waals surface area contributed by atoms with E-state index in [0.717, 1.165) is 0 Å². The van der Waals surface area contributed by atoms with Crippen LogP contribution in [0.25, 0.3) is 0 Å². The van der Waals surface area contributed by atoms with Gasteiger partial charge in [0.1, 0.15) is 17.9 Å². The molecule has 28 heavy (non-hydrogen) atoms. The van der Waals surface area contributed by atoms with Crippen molar-refractivity contribution in [1.29, 1.82) is 0 Å². The average molecular weight is 396 g/mol. The van der Waals surface area contributed by atoms with E-state index >= 15 is 4.39 Å². The third-order valence-corrected chi connectivity index (χ3v) is 8.82. The third-order valence-electron chi connectivity index (χ3n) is 8.82. The Balaban J connectivity index is 1.83. The zero-order chi connectivity index (χ0) is 20.7. The van der Waals surface area contributed by atoms with Crippen molar-refractivity contribution in [3.8, 4) is 0 Å². The molecule has 4 rings (SSSR count). The molecular weight excluding hydrogens is 367 g/mol. The Bertz CT molecular complexity index is 766. The first kappa shape index (κ1) is 20.1. The summed E-state index contributed by atoms with van der Waals surface area (Å²) in [4.78, 5) is 24.3. The number of aliphatic hydroxyl groups is 4. The van der Waals surface area contributed by atoms with Gasteiger partial charge in [-0.3, -0.25) is 9.59 Å². The van der Waals surface area contributed by atoms with Crippen molar-refractivity contribution in [1.82, 2.24) is 0 Å². The minimum Gasteiger partial charge on any atom is -0.390 e. The second-order valence-corrected chi connectivity index (χ2v) is 9.75. The molecule has 0 amide bonds. The van der Waals surface area contributed by atoms with Gasteiger partial charge in [0.15, 0.2) is 11.6 Å². The van der Waals surface area contributed by atoms with Gasteiger partial charge < -0.3 is 20.4 Å². The minimum absolute atomic E-state index is 0.0336. The quantitative estimate of drug-likeness (QED) is 0.550. The number of aliphatic hydroxyl groups excluding tert-OH is 3. The second kappa shape index (κ2) is 5.94. The smallest absolute Gasteiger partial charge is 0.190 e. The molecule has 0 aromatic rings. The largest absolute Gasteiger partial charge is 0.390 e. The van der Waals surface area contributed by atoms with Crippen molar-refractivity contribution in [3.63, 3.8) is 0 Å². The van der Waals surface area contributed by atoms with Crippen LogP contribution in [0.1, 0.15) is 52.4 Å². The van der Waals surface area contributed by atoms with Crippen LogP contribution in [0.2, 0.25) is 0 Å². The lowest BCUT2D eigenvalue weighted by molar-refractivity contribution is -0.234. The lowest BCUT2D eigenvalue weighted by atomic mass is 9.43. The van der Waals surface area contributed by atoms with Crippen LogP contribution in [-0.2, 0) is 9.59 Å². The van der Waals surface area contributed by atoms with E-state index in [9.17, 15) is 30.0 Å². The molecule has 4 N–H and O–H groups in total. The van der Waals surface area contributed by atoms with E-state index in [4.69, 9.17) is 0 Å². The Labute approximate surface area is 163 Å². The molecule has 0 saturated heterocycles. The van der Waals surface area contributed by atoms with Crippen LogP contribution >= 0.6 is 0 Å². The van der Waals surface area contributed by atoms with Crippen LogP contribution in [0, 0.1) is 22.7 Å². The molecule has 0 aromatic carbocycles. The summed E-state index contributed by atoms with van der Waals surface area (Å²) in [6.45, 7) is 2.55. The average Bonchev–Trinajstić information content (AvgIpc) is 2.91. The van der Waals surface area contributed by atoms with Gasteiger partial charge in [-0.1, -0.05) is 13.8 Å². The summed E-state index contributed by atoms with van der Waals surface area (Å²) in [6, 6.07) is 0. The summed E-state index contributed by atoms with van der Waals surface area (Å²) >= 11 is 0. The Morgan fingerprint density at radius 2 is 1.93 bits per heavy atom. The molecule has 3 fully saturated rings. The first-order chi connectivity index (χ1) is 13.0. The summed E-state index contributed by atoms with van der Waals surface area (Å²) in [6.07, 6.45) is -0.347. The number of hydrogen-bond acceptors (Lipinski definition) is 6. The van der Waals surface area contributed by atoms with E-state index in [1.54, 1.807) is 13.8 Å². The number of hydrogen-bond donors (Lipinski definition) is 4. The minimum atomic E-state index is -2.06. The van der Waals surface area contributed by atoms with Crippen LogP contribution in [0.3, 0.4) is 0 Å². The summed E-state index contributed by atoms with van der Waals surface area (Å²) in [5, 5.41) is 42.3. The zero-order valence-electron chi connectivity index (χ0n) is 16.3. The number of alkyl halides is 1. The number of fused-ring (bicyclic) bond motifs is 5. The van der Waals surface area contributed by atoms with Crippen molar-refractivity contribution in [2.45, 2.75) is 75.9 Å². The second-order valence-electron chi connectivity index (χ2n) is 9.75. The number of rotatable bonds is 2. The van der Waals surface area contributed by atoms with E-state index in [0.29, 0.717) is 12.0 Å². The van der Waals surface area contributed by atoms with Gasteiger partial charge >= 0.3 is 0 Å². The van der Waals surface area contributed by atoms with E-state index in [1.807, 2.05) is 0 Å². The van der Waals surface area contributed by atoms with Crippen molar-refractivity contribution in [2.75, 3.05) is 6.61 Å².